The molecule has 10 heteroatoms. The predicted octanol–water partition coefficient (Wildman–Crippen LogP) is 4.87. The van der Waals surface area contributed by atoms with Crippen LogP contribution in [0.3, 0.4) is 0 Å². The summed E-state index contributed by atoms with van der Waals surface area (Å²) >= 11 is 12.3. The first-order valence-corrected chi connectivity index (χ1v) is 11.8. The van der Waals surface area contributed by atoms with Crippen LogP contribution in [0.1, 0.15) is 26.3 Å². The number of benzene rings is 2. The summed E-state index contributed by atoms with van der Waals surface area (Å²) in [6.07, 6.45) is 2.92. The minimum atomic E-state index is -0.543. The molecule has 0 N–H and O–H groups in total. The van der Waals surface area contributed by atoms with Gasteiger partial charge < -0.3 is 9.64 Å². The van der Waals surface area contributed by atoms with Crippen LogP contribution in [-0.2, 0) is 14.3 Å². The van der Waals surface area contributed by atoms with Crippen molar-refractivity contribution < 1.29 is 19.2 Å². The van der Waals surface area contributed by atoms with E-state index in [9.17, 15) is 19.7 Å². The van der Waals surface area contributed by atoms with Crippen molar-refractivity contribution in [3.63, 3.8) is 0 Å². The molecule has 185 valence electrons. The Labute approximate surface area is 214 Å². The van der Waals surface area contributed by atoms with Gasteiger partial charge in [0.2, 0.25) is 5.91 Å². The minimum absolute atomic E-state index is 0.171. The molecule has 0 bridgehead atoms. The number of carbonyl (C=O) groups is 2. The van der Waals surface area contributed by atoms with Crippen LogP contribution in [0.25, 0.3) is 17.2 Å². The molecular weight excluding hydrogens is 493 g/mol. The fourth-order valence-corrected chi connectivity index (χ4v) is 4.21. The molecule has 3 rings (SSSR count). The number of halogens is 2. The molecule has 0 aliphatic carbocycles. The van der Waals surface area contributed by atoms with Crippen molar-refractivity contribution in [2.75, 3.05) is 32.7 Å². The summed E-state index contributed by atoms with van der Waals surface area (Å²) in [7, 11) is 0. The zero-order valence-electron chi connectivity index (χ0n) is 19.7. The Bertz CT molecular complexity index is 1150. The van der Waals surface area contributed by atoms with E-state index in [-0.39, 0.29) is 34.7 Å². The maximum atomic E-state index is 12.8. The number of amides is 1. The molecule has 1 saturated heterocycles. The molecule has 2 aromatic rings. The molecular formula is C25H26Cl2N3O5. The maximum absolute atomic E-state index is 12.8. The molecule has 0 spiro atoms. The summed E-state index contributed by atoms with van der Waals surface area (Å²) in [5.74, 6) is -0.529. The highest BCUT2D eigenvalue weighted by atomic mass is 35.5. The molecule has 1 heterocycles. The number of nitro benzene ring substituents is 1. The van der Waals surface area contributed by atoms with Gasteiger partial charge in [-0.05, 0) is 50.6 Å². The number of nitrogens with zero attached hydrogens (tertiary/aromatic N) is 3. The van der Waals surface area contributed by atoms with E-state index < -0.39 is 10.5 Å². The zero-order valence-corrected chi connectivity index (χ0v) is 21.2. The second-order valence-corrected chi connectivity index (χ2v) is 9.90. The first-order valence-electron chi connectivity index (χ1n) is 11.0. The molecule has 1 amide bonds. The molecule has 0 aromatic heterocycles. The van der Waals surface area contributed by atoms with Gasteiger partial charge in [0.05, 0.1) is 28.1 Å². The van der Waals surface area contributed by atoms with Crippen LogP contribution in [-0.4, -0.2) is 64.9 Å². The van der Waals surface area contributed by atoms with E-state index in [1.807, 2.05) is 25.7 Å². The highest BCUT2D eigenvalue weighted by molar-refractivity contribution is 6.36. The molecule has 0 saturated carbocycles. The number of ether oxygens (including phenoxy) is 1. The topological polar surface area (TPSA) is 93.0 Å². The molecule has 35 heavy (non-hydrogen) atoms. The van der Waals surface area contributed by atoms with E-state index >= 15 is 0 Å². The SMILES string of the molecule is CC(C)(C)OC(=O)CN1CCN(C(=O)/C=C/c2cc[c]c([N+](=O)[O-])c2-c2ccc(Cl)cc2Cl)CC1. The predicted molar refractivity (Wildman–Crippen MR) is 135 cm³/mol. The van der Waals surface area contributed by atoms with Gasteiger partial charge in [-0.1, -0.05) is 35.3 Å². The van der Waals surface area contributed by atoms with Crippen LogP contribution in [0.2, 0.25) is 10.0 Å². The number of esters is 1. The van der Waals surface area contributed by atoms with Crippen LogP contribution < -0.4 is 0 Å². The van der Waals surface area contributed by atoms with E-state index in [1.54, 1.807) is 23.1 Å². The Balaban J connectivity index is 1.73. The van der Waals surface area contributed by atoms with E-state index in [1.165, 1.54) is 24.3 Å². The summed E-state index contributed by atoms with van der Waals surface area (Å²) in [4.78, 5) is 39.6. The second kappa shape index (κ2) is 11.2. The van der Waals surface area contributed by atoms with Crippen LogP contribution >= 0.6 is 23.2 Å². The molecule has 1 aliphatic heterocycles. The molecule has 0 unspecified atom stereocenters. The Morgan fingerprint density at radius 2 is 1.86 bits per heavy atom. The Hall–Kier alpha value is -2.94. The van der Waals surface area contributed by atoms with Crippen molar-refractivity contribution in [3.05, 3.63) is 68.2 Å². The van der Waals surface area contributed by atoms with Gasteiger partial charge in [-0.25, -0.2) is 0 Å². The quantitative estimate of drug-likeness (QED) is 0.234. The monoisotopic (exact) mass is 518 g/mol. The van der Waals surface area contributed by atoms with Crippen LogP contribution in [0.15, 0.2) is 36.4 Å². The maximum Gasteiger partial charge on any atom is 0.320 e. The number of hydrogen-bond acceptors (Lipinski definition) is 6. The third kappa shape index (κ3) is 7.27. The molecule has 1 fully saturated rings. The Morgan fingerprint density at radius 3 is 2.46 bits per heavy atom. The van der Waals surface area contributed by atoms with Crippen LogP contribution in [0.4, 0.5) is 5.69 Å². The molecule has 2 aromatic carbocycles. The average Bonchev–Trinajstić information content (AvgIpc) is 2.76. The molecule has 1 radical (unpaired) electrons. The van der Waals surface area contributed by atoms with Gasteiger partial charge in [-0.15, -0.1) is 0 Å². The van der Waals surface area contributed by atoms with E-state index in [4.69, 9.17) is 27.9 Å². The van der Waals surface area contributed by atoms with Gasteiger partial charge in [0.1, 0.15) is 5.60 Å². The van der Waals surface area contributed by atoms with Gasteiger partial charge in [0.15, 0.2) is 0 Å². The molecule has 1 aliphatic rings. The fourth-order valence-electron chi connectivity index (χ4n) is 3.71. The van der Waals surface area contributed by atoms with E-state index in [2.05, 4.69) is 6.07 Å². The Morgan fingerprint density at radius 1 is 1.17 bits per heavy atom. The lowest BCUT2D eigenvalue weighted by molar-refractivity contribution is -0.384. The fraction of sp³-hybridized carbons (Fsp3) is 0.360. The minimum Gasteiger partial charge on any atom is -0.459 e. The highest BCUT2D eigenvalue weighted by Crippen LogP contribution is 2.38. The molecule has 0 atom stereocenters. The summed E-state index contributed by atoms with van der Waals surface area (Å²) in [5.41, 5.74) is 0.336. The van der Waals surface area contributed by atoms with Crippen molar-refractivity contribution in [3.8, 4) is 11.1 Å². The van der Waals surface area contributed by atoms with Crippen molar-refractivity contribution in [2.24, 2.45) is 0 Å². The first kappa shape index (κ1) is 26.7. The van der Waals surface area contributed by atoms with Gasteiger partial charge in [0, 0.05) is 42.8 Å². The normalized spacial score (nSPS) is 14.8. The largest absolute Gasteiger partial charge is 0.459 e. The third-order valence-corrected chi connectivity index (χ3v) is 5.80. The average molecular weight is 519 g/mol. The summed E-state index contributed by atoms with van der Waals surface area (Å²) < 4.78 is 5.35. The van der Waals surface area contributed by atoms with Crippen molar-refractivity contribution >= 4 is 46.8 Å². The van der Waals surface area contributed by atoms with Gasteiger partial charge >= 0.3 is 5.97 Å². The van der Waals surface area contributed by atoms with Crippen molar-refractivity contribution in [1.29, 1.82) is 0 Å². The number of nitro groups is 1. The third-order valence-electron chi connectivity index (χ3n) is 5.25. The van der Waals surface area contributed by atoms with E-state index in [0.717, 1.165) is 0 Å². The summed E-state index contributed by atoms with van der Waals surface area (Å²) in [6.45, 7) is 7.60. The number of rotatable bonds is 6. The summed E-state index contributed by atoms with van der Waals surface area (Å²) in [6, 6.07) is 10.4. The van der Waals surface area contributed by atoms with Gasteiger partial charge in [0.25, 0.3) is 5.69 Å². The van der Waals surface area contributed by atoms with Crippen molar-refractivity contribution in [2.45, 2.75) is 26.4 Å². The smallest absolute Gasteiger partial charge is 0.320 e. The van der Waals surface area contributed by atoms with Crippen LogP contribution in [0, 0.1) is 16.2 Å². The first-order chi connectivity index (χ1) is 16.4. The lowest BCUT2D eigenvalue weighted by atomic mass is 9.97. The zero-order chi connectivity index (χ0) is 25.8. The molecule has 8 nitrogen and oxygen atoms in total. The van der Waals surface area contributed by atoms with Gasteiger partial charge in [-0.2, -0.15) is 0 Å². The standard InChI is InChI=1S/C25H26Cl2N3O5/c1-25(2,3)35-23(32)16-28-11-13-29(14-12-28)22(31)10-7-17-5-4-6-21(30(33)34)24(17)19-9-8-18(26)15-20(19)27/h4-5,7-10,15H,11-14,16H2,1-3H3/b10-7+. The number of hydrogen-bond donors (Lipinski definition) is 0. The van der Waals surface area contributed by atoms with Gasteiger partial charge in [-0.3, -0.25) is 24.6 Å². The Kier molecular flexibility index (Phi) is 8.53. The van der Waals surface area contributed by atoms with Crippen LogP contribution in [0.5, 0.6) is 0 Å². The lowest BCUT2D eigenvalue weighted by Gasteiger charge is -2.34. The summed E-state index contributed by atoms with van der Waals surface area (Å²) in [5, 5.41) is 12.3. The highest BCUT2D eigenvalue weighted by Gasteiger charge is 2.25. The van der Waals surface area contributed by atoms with E-state index in [0.29, 0.717) is 42.3 Å². The lowest BCUT2D eigenvalue weighted by Crippen LogP contribution is -2.50. The number of carbonyl (C=O) groups excluding carboxylic acids is 2. The van der Waals surface area contributed by atoms with Crippen molar-refractivity contribution in [1.82, 2.24) is 9.80 Å². The second-order valence-electron chi connectivity index (χ2n) is 9.06. The number of piperazine rings is 1.